The molecular weight excluding hydrogens is 289 g/mol. The summed E-state index contributed by atoms with van der Waals surface area (Å²) in [6.45, 7) is 3.98. The summed E-state index contributed by atoms with van der Waals surface area (Å²) in [6, 6.07) is 12.6. The summed E-state index contributed by atoms with van der Waals surface area (Å²) in [6.07, 6.45) is 0.119. The van der Waals surface area contributed by atoms with Gasteiger partial charge in [0.2, 0.25) is 0 Å². The van der Waals surface area contributed by atoms with Gasteiger partial charge in [0.15, 0.2) is 0 Å². The number of ether oxygens (including phenoxy) is 1. The van der Waals surface area contributed by atoms with Crippen LogP contribution in [0, 0.1) is 5.82 Å². The third-order valence-corrected chi connectivity index (χ3v) is 3.42. The Morgan fingerprint density at radius 2 is 1.81 bits per heavy atom. The molecule has 0 aliphatic carbocycles. The molecule has 1 unspecified atom stereocenters. The maximum absolute atomic E-state index is 13.3. The van der Waals surface area contributed by atoms with Crippen molar-refractivity contribution in [3.05, 3.63) is 64.4 Å². The maximum atomic E-state index is 13.3. The topological polar surface area (TPSA) is 21.3 Å². The quantitative estimate of drug-likeness (QED) is 0.873. The Balaban J connectivity index is 2.34. The molecule has 0 heterocycles. The van der Waals surface area contributed by atoms with Crippen LogP contribution < -0.4 is 10.1 Å². The monoisotopic (exact) mass is 307 g/mol. The summed E-state index contributed by atoms with van der Waals surface area (Å²) in [4.78, 5) is 0. The number of halogens is 2. The van der Waals surface area contributed by atoms with Gasteiger partial charge in [-0.1, -0.05) is 29.8 Å². The lowest BCUT2D eigenvalue weighted by molar-refractivity contribution is 0.242. The minimum atomic E-state index is -0.410. The molecule has 0 amide bonds. The lowest BCUT2D eigenvalue weighted by atomic mass is 9.98. The van der Waals surface area contributed by atoms with Gasteiger partial charge in [-0.25, -0.2) is 4.39 Å². The fourth-order valence-corrected chi connectivity index (χ4v) is 2.45. The predicted octanol–water partition coefficient (Wildman–Crippen LogP) is 4.58. The van der Waals surface area contributed by atoms with Gasteiger partial charge in [-0.05, 0) is 56.3 Å². The van der Waals surface area contributed by atoms with Crippen molar-refractivity contribution in [1.29, 1.82) is 0 Å². The second-order valence-corrected chi connectivity index (χ2v) is 5.54. The summed E-state index contributed by atoms with van der Waals surface area (Å²) in [7, 11) is 1.86. The summed E-state index contributed by atoms with van der Waals surface area (Å²) < 4.78 is 19.0. The van der Waals surface area contributed by atoms with E-state index in [4.69, 9.17) is 16.3 Å². The van der Waals surface area contributed by atoms with Crippen LogP contribution in [0.5, 0.6) is 5.75 Å². The SMILES string of the molecule is CNC(c1cccc(OC(C)C)c1)c1ccc(F)c(Cl)c1. The molecule has 2 rings (SSSR count). The number of hydrogen-bond acceptors (Lipinski definition) is 2. The van der Waals surface area contributed by atoms with E-state index in [1.807, 2.05) is 45.2 Å². The van der Waals surface area contributed by atoms with Gasteiger partial charge in [-0.2, -0.15) is 0 Å². The van der Waals surface area contributed by atoms with E-state index >= 15 is 0 Å². The Hall–Kier alpha value is -1.58. The molecule has 0 spiro atoms. The summed E-state index contributed by atoms with van der Waals surface area (Å²) in [5.74, 6) is 0.406. The van der Waals surface area contributed by atoms with Gasteiger partial charge < -0.3 is 10.1 Å². The fourth-order valence-electron chi connectivity index (χ4n) is 2.26. The molecule has 2 aromatic rings. The standard InChI is InChI=1S/C17H19ClFNO/c1-11(2)21-14-6-4-5-12(9-14)17(20-3)13-7-8-16(19)15(18)10-13/h4-11,17,20H,1-3H3. The van der Waals surface area contributed by atoms with Crippen LogP contribution >= 0.6 is 11.6 Å². The summed E-state index contributed by atoms with van der Waals surface area (Å²) in [5.41, 5.74) is 1.95. The molecule has 2 nitrogen and oxygen atoms in total. The van der Waals surface area contributed by atoms with Crippen molar-refractivity contribution >= 4 is 11.6 Å². The highest BCUT2D eigenvalue weighted by Crippen LogP contribution is 2.28. The second-order valence-electron chi connectivity index (χ2n) is 5.13. The zero-order chi connectivity index (χ0) is 15.4. The highest BCUT2D eigenvalue weighted by molar-refractivity contribution is 6.30. The normalized spacial score (nSPS) is 12.5. The van der Waals surface area contributed by atoms with E-state index < -0.39 is 5.82 Å². The minimum absolute atomic E-state index is 0.0705. The van der Waals surface area contributed by atoms with Crippen LogP contribution in [0.2, 0.25) is 5.02 Å². The van der Waals surface area contributed by atoms with Gasteiger partial charge in [0.25, 0.3) is 0 Å². The Morgan fingerprint density at radius 1 is 1.10 bits per heavy atom. The molecule has 1 N–H and O–H groups in total. The molecule has 0 fully saturated rings. The van der Waals surface area contributed by atoms with Crippen molar-refractivity contribution < 1.29 is 9.13 Å². The average Bonchev–Trinajstić information content (AvgIpc) is 2.43. The molecule has 0 radical (unpaired) electrons. The number of nitrogens with one attached hydrogen (secondary N) is 1. The zero-order valence-corrected chi connectivity index (χ0v) is 13.1. The highest BCUT2D eigenvalue weighted by Gasteiger charge is 2.14. The van der Waals surface area contributed by atoms with Crippen LogP contribution in [0.4, 0.5) is 4.39 Å². The Bertz CT molecular complexity index is 615. The van der Waals surface area contributed by atoms with Crippen molar-refractivity contribution in [2.24, 2.45) is 0 Å². The van der Waals surface area contributed by atoms with Crippen molar-refractivity contribution in [1.82, 2.24) is 5.32 Å². The molecule has 1 atom stereocenters. The number of hydrogen-bond donors (Lipinski definition) is 1. The molecule has 0 saturated carbocycles. The summed E-state index contributed by atoms with van der Waals surface area (Å²) >= 11 is 5.87. The minimum Gasteiger partial charge on any atom is -0.491 e. The number of rotatable bonds is 5. The van der Waals surface area contributed by atoms with Gasteiger partial charge in [-0.15, -0.1) is 0 Å². The highest BCUT2D eigenvalue weighted by atomic mass is 35.5. The lowest BCUT2D eigenvalue weighted by Crippen LogP contribution is -2.18. The first-order valence-electron chi connectivity index (χ1n) is 6.90. The van der Waals surface area contributed by atoms with Crippen molar-refractivity contribution in [2.45, 2.75) is 26.0 Å². The molecule has 0 saturated heterocycles. The third kappa shape index (κ3) is 3.96. The third-order valence-electron chi connectivity index (χ3n) is 3.13. The van der Waals surface area contributed by atoms with E-state index in [2.05, 4.69) is 5.32 Å². The van der Waals surface area contributed by atoms with Crippen molar-refractivity contribution in [2.75, 3.05) is 7.05 Å². The van der Waals surface area contributed by atoms with Crippen LogP contribution in [0.25, 0.3) is 0 Å². The van der Waals surface area contributed by atoms with Gasteiger partial charge in [0.05, 0.1) is 17.2 Å². The van der Waals surface area contributed by atoms with Crippen LogP contribution in [0.15, 0.2) is 42.5 Å². The van der Waals surface area contributed by atoms with Crippen molar-refractivity contribution in [3.63, 3.8) is 0 Å². The van der Waals surface area contributed by atoms with E-state index in [0.717, 1.165) is 16.9 Å². The van der Waals surface area contributed by atoms with E-state index in [9.17, 15) is 4.39 Å². The molecule has 4 heteroatoms. The van der Waals surface area contributed by atoms with E-state index in [-0.39, 0.29) is 17.2 Å². The van der Waals surface area contributed by atoms with Crippen LogP contribution in [-0.4, -0.2) is 13.2 Å². The first kappa shape index (κ1) is 15.8. The maximum Gasteiger partial charge on any atom is 0.141 e. The molecule has 0 bridgehead atoms. The molecule has 0 aromatic heterocycles. The van der Waals surface area contributed by atoms with Gasteiger partial charge >= 0.3 is 0 Å². The molecule has 2 aromatic carbocycles. The van der Waals surface area contributed by atoms with Gasteiger partial charge in [-0.3, -0.25) is 0 Å². The molecule has 112 valence electrons. The molecular formula is C17H19ClFNO. The number of benzene rings is 2. The van der Waals surface area contributed by atoms with Crippen LogP contribution in [0.3, 0.4) is 0 Å². The first-order valence-corrected chi connectivity index (χ1v) is 7.28. The zero-order valence-electron chi connectivity index (χ0n) is 12.4. The molecule has 21 heavy (non-hydrogen) atoms. The second kappa shape index (κ2) is 6.92. The van der Waals surface area contributed by atoms with Crippen molar-refractivity contribution in [3.8, 4) is 5.75 Å². The molecule has 0 aliphatic rings. The predicted molar refractivity (Wildman–Crippen MR) is 84.5 cm³/mol. The lowest BCUT2D eigenvalue weighted by Gasteiger charge is -2.19. The van der Waals surface area contributed by atoms with E-state index in [0.29, 0.717) is 0 Å². The smallest absolute Gasteiger partial charge is 0.141 e. The Labute approximate surface area is 129 Å². The van der Waals surface area contributed by atoms with Gasteiger partial charge in [0, 0.05) is 0 Å². The first-order chi connectivity index (χ1) is 10.0. The summed E-state index contributed by atoms with van der Waals surface area (Å²) in [5, 5.41) is 3.35. The molecule has 0 aliphatic heterocycles. The van der Waals surface area contributed by atoms with Crippen LogP contribution in [-0.2, 0) is 0 Å². The van der Waals surface area contributed by atoms with Gasteiger partial charge in [0.1, 0.15) is 11.6 Å². The average molecular weight is 308 g/mol. The van der Waals surface area contributed by atoms with E-state index in [1.54, 1.807) is 12.1 Å². The fraction of sp³-hybridized carbons (Fsp3) is 0.294. The Kier molecular flexibility index (Phi) is 5.21. The Morgan fingerprint density at radius 3 is 2.43 bits per heavy atom. The van der Waals surface area contributed by atoms with E-state index in [1.165, 1.54) is 6.07 Å². The largest absolute Gasteiger partial charge is 0.491 e. The van der Waals surface area contributed by atoms with Crippen LogP contribution in [0.1, 0.15) is 31.0 Å².